The molecule has 0 radical (unpaired) electrons. The molecule has 1 aliphatic heterocycles. The zero-order valence-electron chi connectivity index (χ0n) is 23.8. The number of nitrogens with zero attached hydrogens (tertiary/aromatic N) is 4. The van der Waals surface area contributed by atoms with Gasteiger partial charge < -0.3 is 14.1 Å². The van der Waals surface area contributed by atoms with E-state index < -0.39 is 17.4 Å². The van der Waals surface area contributed by atoms with Crippen LogP contribution in [0, 0.1) is 0 Å². The molecule has 1 aliphatic rings. The largest absolute Gasteiger partial charge is 0.465 e. The molecule has 4 aromatic rings. The van der Waals surface area contributed by atoms with Crippen molar-refractivity contribution in [2.45, 2.75) is 45.6 Å². The lowest BCUT2D eigenvalue weighted by atomic mass is 9.86. The average molecular weight is 575 g/mol. The maximum atomic E-state index is 13.8. The average Bonchev–Trinajstić information content (AvgIpc) is 3.37. The summed E-state index contributed by atoms with van der Waals surface area (Å²) in [4.78, 5) is 51.3. The van der Waals surface area contributed by atoms with Gasteiger partial charge in [-0.2, -0.15) is 0 Å². The number of fused-ring (bicyclic) bond motifs is 1. The standard InChI is InChI=1S/C31H31ClN4O5/c1-30(2,3)21-15-22(18-7-10-20(32)11-8-18)34-23-16-24(41-26(21)23)27(37)36-14-13-35(29(39)31(36,4)5)25-12-9-19(17-33-25)28(38)40-6/h7-12,15-17H,13-14H2,1-6H3. The van der Waals surface area contributed by atoms with E-state index in [1.54, 1.807) is 32.0 Å². The summed E-state index contributed by atoms with van der Waals surface area (Å²) in [6, 6.07) is 14.2. The molecule has 0 unspecified atom stereocenters. The first kappa shape index (κ1) is 28.3. The molecule has 4 heterocycles. The topological polar surface area (TPSA) is 106 Å². The Hall–Kier alpha value is -4.24. The first-order chi connectivity index (χ1) is 19.3. The molecular formula is C31H31ClN4O5. The summed E-state index contributed by atoms with van der Waals surface area (Å²) in [6.45, 7) is 10.1. The monoisotopic (exact) mass is 574 g/mol. The van der Waals surface area contributed by atoms with Gasteiger partial charge in [-0.25, -0.2) is 14.8 Å². The van der Waals surface area contributed by atoms with Crippen LogP contribution in [0.5, 0.6) is 0 Å². The minimum atomic E-state index is -1.19. The Kier molecular flexibility index (Phi) is 7.11. The van der Waals surface area contributed by atoms with Gasteiger partial charge in [-0.3, -0.25) is 14.5 Å². The number of ether oxygens (including phenoxy) is 1. The molecule has 0 saturated carbocycles. The molecule has 9 nitrogen and oxygen atoms in total. The molecule has 1 saturated heterocycles. The molecular weight excluding hydrogens is 544 g/mol. The lowest BCUT2D eigenvalue weighted by Crippen LogP contribution is -2.64. The van der Waals surface area contributed by atoms with Crippen molar-refractivity contribution in [3.63, 3.8) is 0 Å². The van der Waals surface area contributed by atoms with E-state index in [4.69, 9.17) is 25.7 Å². The number of carbonyl (C=O) groups is 3. The summed E-state index contributed by atoms with van der Waals surface area (Å²) >= 11 is 6.09. The zero-order valence-corrected chi connectivity index (χ0v) is 24.6. The number of halogens is 1. The summed E-state index contributed by atoms with van der Waals surface area (Å²) in [7, 11) is 1.29. The SMILES string of the molecule is COC(=O)c1ccc(N2CCN(C(=O)c3cc4nc(-c5ccc(Cl)cc5)cc(C(C)(C)C)c4o3)C(C)(C)C2=O)nc1. The van der Waals surface area contributed by atoms with Gasteiger partial charge in [-0.05, 0) is 49.6 Å². The van der Waals surface area contributed by atoms with Crippen molar-refractivity contribution < 1.29 is 23.5 Å². The summed E-state index contributed by atoms with van der Waals surface area (Å²) in [5.74, 6) is -0.712. The number of hydrogen-bond acceptors (Lipinski definition) is 7. The van der Waals surface area contributed by atoms with Gasteiger partial charge in [-0.15, -0.1) is 0 Å². The van der Waals surface area contributed by atoms with Gasteiger partial charge >= 0.3 is 5.97 Å². The van der Waals surface area contributed by atoms with E-state index in [0.717, 1.165) is 16.8 Å². The third-order valence-corrected chi connectivity index (χ3v) is 7.57. The van der Waals surface area contributed by atoms with Gasteiger partial charge in [0.1, 0.15) is 16.9 Å². The van der Waals surface area contributed by atoms with Gasteiger partial charge in [0.2, 0.25) is 0 Å². The minimum absolute atomic E-state index is 0.112. The van der Waals surface area contributed by atoms with Gasteiger partial charge in [0.25, 0.3) is 11.8 Å². The fourth-order valence-electron chi connectivity index (χ4n) is 4.97. The van der Waals surface area contributed by atoms with E-state index in [1.165, 1.54) is 23.1 Å². The van der Waals surface area contributed by atoms with Crippen molar-refractivity contribution in [3.8, 4) is 11.3 Å². The van der Waals surface area contributed by atoms with Crippen molar-refractivity contribution in [1.82, 2.24) is 14.9 Å². The highest BCUT2D eigenvalue weighted by atomic mass is 35.5. The van der Waals surface area contributed by atoms with Crippen molar-refractivity contribution in [2.24, 2.45) is 0 Å². The van der Waals surface area contributed by atoms with Crippen LogP contribution in [0.2, 0.25) is 5.02 Å². The third kappa shape index (κ3) is 5.17. The molecule has 1 fully saturated rings. The van der Waals surface area contributed by atoms with Crippen LogP contribution >= 0.6 is 11.6 Å². The molecule has 0 N–H and O–H groups in total. The molecule has 1 aromatic carbocycles. The summed E-state index contributed by atoms with van der Waals surface area (Å²) in [5.41, 5.74) is 2.45. The minimum Gasteiger partial charge on any atom is -0.465 e. The van der Waals surface area contributed by atoms with E-state index in [1.807, 2.05) is 30.3 Å². The lowest BCUT2D eigenvalue weighted by Gasteiger charge is -2.45. The Bertz CT molecular complexity index is 1650. The number of benzene rings is 1. The molecule has 5 rings (SSSR count). The highest BCUT2D eigenvalue weighted by Crippen LogP contribution is 2.36. The Morgan fingerprint density at radius 1 is 1.05 bits per heavy atom. The predicted octanol–water partition coefficient (Wildman–Crippen LogP) is 5.89. The first-order valence-electron chi connectivity index (χ1n) is 13.2. The van der Waals surface area contributed by atoms with Crippen molar-refractivity contribution in [3.05, 3.63) is 76.6 Å². The molecule has 41 heavy (non-hydrogen) atoms. The number of methoxy groups -OCH3 is 1. The van der Waals surface area contributed by atoms with E-state index in [2.05, 4.69) is 25.8 Å². The van der Waals surface area contributed by atoms with Crippen LogP contribution in [0.3, 0.4) is 0 Å². The van der Waals surface area contributed by atoms with Crippen LogP contribution in [-0.2, 0) is 14.9 Å². The van der Waals surface area contributed by atoms with Gasteiger partial charge in [-0.1, -0.05) is 44.5 Å². The molecule has 10 heteroatoms. The number of anilines is 1. The van der Waals surface area contributed by atoms with Gasteiger partial charge in [0, 0.05) is 41.5 Å². The normalized spacial score (nSPS) is 15.3. The fraction of sp³-hybridized carbons (Fsp3) is 0.323. The van der Waals surface area contributed by atoms with Crippen molar-refractivity contribution in [1.29, 1.82) is 0 Å². The molecule has 212 valence electrons. The number of pyridine rings is 2. The number of esters is 1. The quantitative estimate of drug-likeness (QED) is 0.280. The number of piperazine rings is 1. The van der Waals surface area contributed by atoms with Crippen molar-refractivity contribution >= 4 is 46.3 Å². The smallest absolute Gasteiger partial charge is 0.339 e. The van der Waals surface area contributed by atoms with Crippen molar-refractivity contribution in [2.75, 3.05) is 25.1 Å². The van der Waals surface area contributed by atoms with E-state index in [0.29, 0.717) is 21.9 Å². The number of carbonyl (C=O) groups excluding carboxylic acids is 3. The van der Waals surface area contributed by atoms with Crippen LogP contribution in [0.1, 0.15) is 61.1 Å². The van der Waals surface area contributed by atoms with Crippen LogP contribution in [-0.4, -0.2) is 58.4 Å². The summed E-state index contributed by atoms with van der Waals surface area (Å²) in [5, 5.41) is 0.633. The van der Waals surface area contributed by atoms with Gasteiger partial charge in [0.15, 0.2) is 11.3 Å². The van der Waals surface area contributed by atoms with E-state index in [-0.39, 0.29) is 35.7 Å². The highest BCUT2D eigenvalue weighted by molar-refractivity contribution is 6.30. The summed E-state index contributed by atoms with van der Waals surface area (Å²) in [6.07, 6.45) is 1.37. The number of rotatable bonds is 4. The molecule has 0 aliphatic carbocycles. The van der Waals surface area contributed by atoms with E-state index in [9.17, 15) is 14.4 Å². The second-order valence-corrected chi connectivity index (χ2v) is 11.9. The van der Waals surface area contributed by atoms with Crippen LogP contribution in [0.4, 0.5) is 5.82 Å². The predicted molar refractivity (Wildman–Crippen MR) is 156 cm³/mol. The van der Waals surface area contributed by atoms with Crippen LogP contribution < -0.4 is 4.90 Å². The number of hydrogen-bond donors (Lipinski definition) is 0. The first-order valence-corrected chi connectivity index (χ1v) is 13.6. The van der Waals surface area contributed by atoms with Gasteiger partial charge in [0.05, 0.1) is 18.4 Å². The summed E-state index contributed by atoms with van der Waals surface area (Å²) < 4.78 is 10.9. The molecule has 0 atom stereocenters. The maximum absolute atomic E-state index is 13.8. The van der Waals surface area contributed by atoms with Crippen LogP contribution in [0.15, 0.2) is 59.1 Å². The molecule has 0 spiro atoms. The Balaban J connectivity index is 1.47. The third-order valence-electron chi connectivity index (χ3n) is 7.32. The van der Waals surface area contributed by atoms with E-state index >= 15 is 0 Å². The molecule has 3 aromatic heterocycles. The molecule has 2 amide bonds. The number of amides is 2. The lowest BCUT2D eigenvalue weighted by molar-refractivity contribution is -0.129. The maximum Gasteiger partial charge on any atom is 0.339 e. The Morgan fingerprint density at radius 3 is 2.37 bits per heavy atom. The second-order valence-electron chi connectivity index (χ2n) is 11.5. The number of aromatic nitrogens is 2. The number of furan rings is 1. The fourth-order valence-corrected chi connectivity index (χ4v) is 5.10. The van der Waals surface area contributed by atoms with Crippen LogP contribution in [0.25, 0.3) is 22.4 Å². The zero-order chi connectivity index (χ0) is 29.7. The highest BCUT2D eigenvalue weighted by Gasteiger charge is 2.46. The Morgan fingerprint density at radius 2 is 1.76 bits per heavy atom. The second kappa shape index (κ2) is 10.3. The Labute approximate surface area is 243 Å². The molecule has 0 bridgehead atoms.